The van der Waals surface area contributed by atoms with E-state index in [0.717, 1.165) is 84.8 Å². The molecule has 11 heteroatoms. The standard InChI is InChI=1S/C43H40FN5O4S/c1-26-21-33(39(45-23-26)48-24-43(25-48)16-19-53-20-17-43)40(50)46-30-13-11-28(12-14-30)42(52)49-18-15-29-22-36(54-38(29)32-5-2-3-8-35(32)49)41(51)47-37-31(27-9-10-27)6-4-7-34(37)44/h2-8,11-14,21-23,27H,9-10,15-20,24-25H2,1H3,(H,46,50)(H,47,51). The maximum atomic E-state index is 14.8. The van der Waals surface area contributed by atoms with Crippen LogP contribution in [0.15, 0.2) is 85.1 Å². The molecule has 0 unspecified atom stereocenters. The minimum absolute atomic E-state index is 0.161. The molecule has 9 nitrogen and oxygen atoms in total. The number of ether oxygens (including phenoxy) is 1. The number of carbonyl (C=O) groups excluding carboxylic acids is 3. The van der Waals surface area contributed by atoms with Crippen molar-refractivity contribution in [2.45, 2.75) is 44.9 Å². The second-order valence-corrected chi connectivity index (χ2v) is 16.1. The third-order valence-corrected chi connectivity index (χ3v) is 12.4. The zero-order valence-corrected chi connectivity index (χ0v) is 30.8. The molecule has 1 aliphatic carbocycles. The van der Waals surface area contributed by atoms with Gasteiger partial charge in [-0.05, 0) is 110 Å². The van der Waals surface area contributed by atoms with Crippen molar-refractivity contribution in [1.29, 1.82) is 0 Å². The highest BCUT2D eigenvalue weighted by atomic mass is 32.1. The van der Waals surface area contributed by atoms with E-state index in [1.807, 2.05) is 49.4 Å². The van der Waals surface area contributed by atoms with E-state index in [0.29, 0.717) is 40.5 Å². The van der Waals surface area contributed by atoms with Gasteiger partial charge in [0.15, 0.2) is 0 Å². The van der Waals surface area contributed by atoms with E-state index in [-0.39, 0.29) is 34.7 Å². The number of aryl methyl sites for hydroxylation is 1. The van der Waals surface area contributed by atoms with Crippen molar-refractivity contribution in [3.63, 3.8) is 0 Å². The van der Waals surface area contributed by atoms with Crippen molar-refractivity contribution >= 4 is 51.9 Å². The van der Waals surface area contributed by atoms with Gasteiger partial charge in [-0.2, -0.15) is 0 Å². The van der Waals surface area contributed by atoms with Crippen LogP contribution in [0.3, 0.4) is 0 Å². The average molecular weight is 742 g/mol. The number of fused-ring (bicyclic) bond motifs is 3. The van der Waals surface area contributed by atoms with Gasteiger partial charge >= 0.3 is 0 Å². The highest BCUT2D eigenvalue weighted by Crippen LogP contribution is 2.46. The van der Waals surface area contributed by atoms with Crippen molar-refractivity contribution in [3.8, 4) is 10.4 Å². The largest absolute Gasteiger partial charge is 0.381 e. The number of nitrogens with zero attached hydrogens (tertiary/aromatic N) is 3. The molecule has 3 fully saturated rings. The first kappa shape index (κ1) is 34.4. The number of rotatable bonds is 7. The first-order chi connectivity index (χ1) is 26.2. The molecule has 5 aromatic rings. The van der Waals surface area contributed by atoms with Crippen LogP contribution in [0.4, 0.5) is 27.3 Å². The maximum absolute atomic E-state index is 14.8. The summed E-state index contributed by atoms with van der Waals surface area (Å²) in [5.74, 6) is -0.194. The highest BCUT2D eigenvalue weighted by molar-refractivity contribution is 7.17. The molecule has 54 heavy (non-hydrogen) atoms. The lowest BCUT2D eigenvalue weighted by atomic mass is 9.73. The number of hydrogen-bond acceptors (Lipinski definition) is 7. The summed E-state index contributed by atoms with van der Waals surface area (Å²) in [5.41, 5.74) is 6.45. The van der Waals surface area contributed by atoms with Gasteiger partial charge in [-0.15, -0.1) is 11.3 Å². The molecule has 4 aliphatic rings. The van der Waals surface area contributed by atoms with Gasteiger partial charge in [0.05, 0.1) is 21.8 Å². The van der Waals surface area contributed by atoms with E-state index in [2.05, 4.69) is 20.5 Å². The number of pyridine rings is 1. The van der Waals surface area contributed by atoms with Gasteiger partial charge in [0, 0.05) is 66.2 Å². The number of halogens is 1. The van der Waals surface area contributed by atoms with E-state index >= 15 is 0 Å². The Morgan fingerprint density at radius 1 is 0.926 bits per heavy atom. The summed E-state index contributed by atoms with van der Waals surface area (Å²) in [4.78, 5) is 51.2. The van der Waals surface area contributed by atoms with Crippen LogP contribution in [0, 0.1) is 18.2 Å². The average Bonchev–Trinajstić information content (AvgIpc) is 3.96. The van der Waals surface area contributed by atoms with Crippen LogP contribution < -0.4 is 20.4 Å². The van der Waals surface area contributed by atoms with Gasteiger partial charge in [-0.25, -0.2) is 9.37 Å². The molecule has 0 atom stereocenters. The maximum Gasteiger partial charge on any atom is 0.265 e. The predicted molar refractivity (Wildman–Crippen MR) is 210 cm³/mol. The highest BCUT2D eigenvalue weighted by Gasteiger charge is 2.45. The van der Waals surface area contributed by atoms with Crippen LogP contribution in [-0.2, 0) is 11.2 Å². The van der Waals surface area contributed by atoms with Crippen molar-refractivity contribution < 1.29 is 23.5 Å². The number of amides is 3. The van der Waals surface area contributed by atoms with Crippen LogP contribution in [0.25, 0.3) is 10.4 Å². The van der Waals surface area contributed by atoms with Gasteiger partial charge in [0.2, 0.25) is 0 Å². The predicted octanol–water partition coefficient (Wildman–Crippen LogP) is 8.46. The first-order valence-corrected chi connectivity index (χ1v) is 19.4. The summed E-state index contributed by atoms with van der Waals surface area (Å²) in [6.45, 7) is 5.63. The minimum atomic E-state index is -0.427. The van der Waals surface area contributed by atoms with Gasteiger partial charge in [0.1, 0.15) is 11.6 Å². The summed E-state index contributed by atoms with van der Waals surface area (Å²) >= 11 is 1.36. The third kappa shape index (κ3) is 6.45. The molecule has 274 valence electrons. The fourth-order valence-corrected chi connectivity index (χ4v) is 9.21. The molecule has 2 aromatic heterocycles. The topological polar surface area (TPSA) is 104 Å². The SMILES string of the molecule is Cc1cnc(N2CC3(CCOCC3)C2)c(C(=O)Nc2ccc(C(=O)N3CCc4cc(C(=O)Nc5c(F)cccc5C5CC5)sc4-c4ccccc43)cc2)c1. The zero-order chi connectivity index (χ0) is 37.0. The Bertz CT molecular complexity index is 2290. The van der Waals surface area contributed by atoms with Gasteiger partial charge in [-0.1, -0.05) is 30.3 Å². The van der Waals surface area contributed by atoms with Crippen LogP contribution in [0.1, 0.15) is 78.7 Å². The molecular formula is C43H40FN5O4S. The van der Waals surface area contributed by atoms with E-state index in [1.165, 1.54) is 17.4 Å². The molecule has 0 bridgehead atoms. The lowest BCUT2D eigenvalue weighted by Crippen LogP contribution is -2.59. The summed E-state index contributed by atoms with van der Waals surface area (Å²) in [5, 5.41) is 5.88. The zero-order valence-electron chi connectivity index (χ0n) is 30.0. The monoisotopic (exact) mass is 741 g/mol. The van der Waals surface area contributed by atoms with Crippen LogP contribution >= 0.6 is 11.3 Å². The van der Waals surface area contributed by atoms with E-state index in [1.54, 1.807) is 41.4 Å². The number of carbonyl (C=O) groups is 3. The number of hydrogen-bond donors (Lipinski definition) is 2. The molecular weight excluding hydrogens is 702 g/mol. The number of aromatic nitrogens is 1. The Morgan fingerprint density at radius 2 is 1.70 bits per heavy atom. The molecule has 0 radical (unpaired) electrons. The molecule has 2 saturated heterocycles. The van der Waals surface area contributed by atoms with Crippen LogP contribution in [0.5, 0.6) is 0 Å². The number of para-hydroxylation sites is 2. The summed E-state index contributed by atoms with van der Waals surface area (Å²) in [6.07, 6.45) is 6.39. The lowest BCUT2D eigenvalue weighted by Gasteiger charge is -2.53. The molecule has 9 rings (SSSR count). The Kier molecular flexibility index (Phi) is 8.78. The summed E-state index contributed by atoms with van der Waals surface area (Å²) in [6, 6.07) is 23.4. The molecule has 2 N–H and O–H groups in total. The molecule has 3 aromatic carbocycles. The van der Waals surface area contributed by atoms with E-state index in [9.17, 15) is 18.8 Å². The fraction of sp³-hybridized carbons (Fsp3) is 0.302. The lowest BCUT2D eigenvalue weighted by molar-refractivity contribution is -0.000511. The number of benzene rings is 3. The summed E-state index contributed by atoms with van der Waals surface area (Å²) < 4.78 is 20.4. The van der Waals surface area contributed by atoms with Crippen LogP contribution in [-0.4, -0.2) is 55.6 Å². The molecule has 5 heterocycles. The van der Waals surface area contributed by atoms with E-state index < -0.39 is 5.82 Å². The smallest absolute Gasteiger partial charge is 0.265 e. The molecule has 3 amide bonds. The molecule has 1 saturated carbocycles. The minimum Gasteiger partial charge on any atom is -0.381 e. The number of thiophene rings is 1. The van der Waals surface area contributed by atoms with Crippen molar-refractivity contribution in [2.24, 2.45) is 5.41 Å². The second-order valence-electron chi connectivity index (χ2n) is 15.0. The van der Waals surface area contributed by atoms with E-state index in [4.69, 9.17) is 4.74 Å². The normalized spacial score (nSPS) is 17.2. The molecule has 1 spiro atoms. The van der Waals surface area contributed by atoms with Gasteiger partial charge < -0.3 is 25.2 Å². The number of anilines is 4. The van der Waals surface area contributed by atoms with Crippen molar-refractivity contribution in [1.82, 2.24) is 4.98 Å². The van der Waals surface area contributed by atoms with Crippen molar-refractivity contribution in [3.05, 3.63) is 124 Å². The first-order valence-electron chi connectivity index (χ1n) is 18.6. The fourth-order valence-electron chi connectivity index (χ4n) is 8.07. The second kappa shape index (κ2) is 13.8. The van der Waals surface area contributed by atoms with Crippen molar-refractivity contribution in [2.75, 3.05) is 53.3 Å². The summed E-state index contributed by atoms with van der Waals surface area (Å²) in [7, 11) is 0. The Balaban J connectivity index is 0.903. The Labute approximate surface area is 317 Å². The van der Waals surface area contributed by atoms with Gasteiger partial charge in [-0.3, -0.25) is 14.4 Å². The Hall–Kier alpha value is -5.39. The van der Waals surface area contributed by atoms with Crippen LogP contribution in [0.2, 0.25) is 0 Å². The van der Waals surface area contributed by atoms with Gasteiger partial charge in [0.25, 0.3) is 17.7 Å². The third-order valence-electron chi connectivity index (χ3n) is 11.2. The quantitative estimate of drug-likeness (QED) is 0.174. The number of nitrogens with one attached hydrogen (secondary N) is 2. The molecule has 3 aliphatic heterocycles. The Morgan fingerprint density at radius 3 is 2.48 bits per heavy atom.